The zero-order chi connectivity index (χ0) is 14.1. The zero-order valence-corrected chi connectivity index (χ0v) is 12.2. The normalized spacial score (nSPS) is 10.9. The fourth-order valence-corrected chi connectivity index (χ4v) is 2.61. The second kappa shape index (κ2) is 5.17. The maximum absolute atomic E-state index is 6.06. The van der Waals surface area contributed by atoms with Crippen molar-refractivity contribution in [3.63, 3.8) is 0 Å². The van der Waals surface area contributed by atoms with Crippen LogP contribution < -0.4 is 4.74 Å². The van der Waals surface area contributed by atoms with Gasteiger partial charge in [-0.3, -0.25) is 4.57 Å². The first kappa shape index (κ1) is 13.0. The number of ether oxygens (including phenoxy) is 1. The van der Waals surface area contributed by atoms with Crippen molar-refractivity contribution in [2.45, 2.75) is 12.8 Å². The Bertz CT molecular complexity index is 764. The van der Waals surface area contributed by atoms with Gasteiger partial charge in [-0.1, -0.05) is 18.2 Å². The minimum atomic E-state index is 0.353. The SMILES string of the molecule is COc1cccc2c1nc(CCl)n2-c1cccc(C)c1. The lowest BCUT2D eigenvalue weighted by atomic mass is 10.2. The van der Waals surface area contributed by atoms with E-state index >= 15 is 0 Å². The summed E-state index contributed by atoms with van der Waals surface area (Å²) >= 11 is 6.06. The number of alkyl halides is 1. The molecule has 3 aromatic rings. The van der Waals surface area contributed by atoms with Gasteiger partial charge in [0, 0.05) is 5.69 Å². The lowest BCUT2D eigenvalue weighted by molar-refractivity contribution is 0.419. The number of benzene rings is 2. The fourth-order valence-electron chi connectivity index (χ4n) is 2.43. The molecule has 0 bridgehead atoms. The van der Waals surface area contributed by atoms with Crippen LogP contribution >= 0.6 is 11.6 Å². The van der Waals surface area contributed by atoms with E-state index in [1.165, 1.54) is 5.56 Å². The Morgan fingerprint density at radius 2 is 2.00 bits per heavy atom. The van der Waals surface area contributed by atoms with Crippen molar-refractivity contribution in [2.24, 2.45) is 0 Å². The van der Waals surface area contributed by atoms with Crippen molar-refractivity contribution in [1.29, 1.82) is 0 Å². The molecule has 0 fully saturated rings. The van der Waals surface area contributed by atoms with Gasteiger partial charge in [0.25, 0.3) is 0 Å². The molecule has 102 valence electrons. The largest absolute Gasteiger partial charge is 0.494 e. The van der Waals surface area contributed by atoms with Crippen molar-refractivity contribution in [3.05, 3.63) is 53.9 Å². The molecule has 1 aromatic heterocycles. The third kappa shape index (κ3) is 2.04. The van der Waals surface area contributed by atoms with Gasteiger partial charge in [-0.15, -0.1) is 11.6 Å². The first-order chi connectivity index (χ1) is 9.74. The predicted octanol–water partition coefficient (Wildman–Crippen LogP) is 4.08. The molecule has 20 heavy (non-hydrogen) atoms. The number of halogens is 1. The standard InChI is InChI=1S/C16H15ClN2O/c1-11-5-3-6-12(9-11)19-13-7-4-8-14(20-2)16(13)18-15(19)10-17/h3-9H,10H2,1-2H3. The first-order valence-electron chi connectivity index (χ1n) is 6.42. The van der Waals surface area contributed by atoms with Crippen molar-refractivity contribution in [1.82, 2.24) is 9.55 Å². The number of methoxy groups -OCH3 is 1. The third-order valence-corrected chi connectivity index (χ3v) is 3.56. The molecule has 0 unspecified atom stereocenters. The van der Waals surface area contributed by atoms with Gasteiger partial charge < -0.3 is 4.74 Å². The molecule has 2 aromatic carbocycles. The number of aryl methyl sites for hydroxylation is 1. The summed E-state index contributed by atoms with van der Waals surface area (Å²) in [7, 11) is 1.65. The van der Waals surface area contributed by atoms with E-state index in [0.29, 0.717) is 5.88 Å². The summed E-state index contributed by atoms with van der Waals surface area (Å²) < 4.78 is 7.46. The summed E-state index contributed by atoms with van der Waals surface area (Å²) in [5.41, 5.74) is 4.11. The number of fused-ring (bicyclic) bond motifs is 1. The van der Waals surface area contributed by atoms with E-state index in [2.05, 4.69) is 34.7 Å². The zero-order valence-electron chi connectivity index (χ0n) is 11.4. The number of aromatic nitrogens is 2. The van der Waals surface area contributed by atoms with E-state index in [9.17, 15) is 0 Å². The molecule has 4 heteroatoms. The highest BCUT2D eigenvalue weighted by atomic mass is 35.5. The van der Waals surface area contributed by atoms with Crippen LogP contribution in [0.1, 0.15) is 11.4 Å². The highest BCUT2D eigenvalue weighted by Crippen LogP contribution is 2.29. The molecule has 1 heterocycles. The summed E-state index contributed by atoms with van der Waals surface area (Å²) in [6, 6.07) is 14.2. The maximum Gasteiger partial charge on any atom is 0.146 e. The summed E-state index contributed by atoms with van der Waals surface area (Å²) in [5, 5.41) is 0. The van der Waals surface area contributed by atoms with Crippen LogP contribution in [0.15, 0.2) is 42.5 Å². The fraction of sp³-hybridized carbons (Fsp3) is 0.188. The number of hydrogen-bond donors (Lipinski definition) is 0. The average Bonchev–Trinajstić information content (AvgIpc) is 2.85. The van der Waals surface area contributed by atoms with Gasteiger partial charge in [0.15, 0.2) is 0 Å². The summed E-state index contributed by atoms with van der Waals surface area (Å²) in [6.07, 6.45) is 0. The summed E-state index contributed by atoms with van der Waals surface area (Å²) in [4.78, 5) is 4.61. The van der Waals surface area contributed by atoms with Crippen molar-refractivity contribution >= 4 is 22.6 Å². The summed E-state index contributed by atoms with van der Waals surface area (Å²) in [5.74, 6) is 1.93. The van der Waals surface area contributed by atoms with Crippen LogP contribution in [0.5, 0.6) is 5.75 Å². The quantitative estimate of drug-likeness (QED) is 0.678. The van der Waals surface area contributed by atoms with Gasteiger partial charge in [-0.2, -0.15) is 0 Å². The molecule has 0 radical (unpaired) electrons. The molecule has 0 N–H and O–H groups in total. The van der Waals surface area contributed by atoms with Crippen molar-refractivity contribution in [3.8, 4) is 11.4 Å². The van der Waals surface area contributed by atoms with Gasteiger partial charge in [-0.05, 0) is 36.8 Å². The maximum atomic E-state index is 6.06. The highest BCUT2D eigenvalue weighted by Gasteiger charge is 2.14. The van der Waals surface area contributed by atoms with E-state index in [1.54, 1.807) is 7.11 Å². The molecular formula is C16H15ClN2O. The number of imidazole rings is 1. The first-order valence-corrected chi connectivity index (χ1v) is 6.95. The van der Waals surface area contributed by atoms with Crippen molar-refractivity contribution < 1.29 is 4.74 Å². The average molecular weight is 287 g/mol. The Hall–Kier alpha value is -2.00. The minimum absolute atomic E-state index is 0.353. The molecule has 0 saturated carbocycles. The van der Waals surface area contributed by atoms with Crippen LogP contribution in [-0.2, 0) is 5.88 Å². The Balaban J connectivity index is 2.34. The molecule has 0 aliphatic rings. The van der Waals surface area contributed by atoms with E-state index in [4.69, 9.17) is 16.3 Å². The third-order valence-electron chi connectivity index (χ3n) is 3.32. The van der Waals surface area contributed by atoms with E-state index in [1.807, 2.05) is 24.3 Å². The highest BCUT2D eigenvalue weighted by molar-refractivity contribution is 6.17. The molecule has 0 atom stereocenters. The van der Waals surface area contributed by atoms with E-state index in [0.717, 1.165) is 28.3 Å². The van der Waals surface area contributed by atoms with Gasteiger partial charge in [0.2, 0.25) is 0 Å². The summed E-state index contributed by atoms with van der Waals surface area (Å²) in [6.45, 7) is 2.07. The molecule has 0 saturated heterocycles. The smallest absolute Gasteiger partial charge is 0.146 e. The molecule has 3 rings (SSSR count). The van der Waals surface area contributed by atoms with E-state index in [-0.39, 0.29) is 0 Å². The number of para-hydroxylation sites is 1. The Morgan fingerprint density at radius 3 is 2.70 bits per heavy atom. The van der Waals surface area contributed by atoms with Crippen molar-refractivity contribution in [2.75, 3.05) is 7.11 Å². The van der Waals surface area contributed by atoms with Gasteiger partial charge >= 0.3 is 0 Å². The van der Waals surface area contributed by atoms with Crippen LogP contribution in [0.2, 0.25) is 0 Å². The lowest BCUT2D eigenvalue weighted by Crippen LogP contribution is -1.99. The topological polar surface area (TPSA) is 27.1 Å². The van der Waals surface area contributed by atoms with Crippen LogP contribution in [0.4, 0.5) is 0 Å². The minimum Gasteiger partial charge on any atom is -0.494 e. The van der Waals surface area contributed by atoms with Gasteiger partial charge in [0.05, 0.1) is 18.5 Å². The van der Waals surface area contributed by atoms with Crippen LogP contribution in [0, 0.1) is 6.92 Å². The molecular weight excluding hydrogens is 272 g/mol. The lowest BCUT2D eigenvalue weighted by Gasteiger charge is -2.08. The Labute approximate surface area is 122 Å². The van der Waals surface area contributed by atoms with Crippen LogP contribution in [0.3, 0.4) is 0 Å². The molecule has 0 spiro atoms. The monoisotopic (exact) mass is 286 g/mol. The number of hydrogen-bond acceptors (Lipinski definition) is 2. The van der Waals surface area contributed by atoms with Gasteiger partial charge in [-0.25, -0.2) is 4.98 Å². The van der Waals surface area contributed by atoms with Crippen LogP contribution in [0.25, 0.3) is 16.7 Å². The Morgan fingerprint density at radius 1 is 1.20 bits per heavy atom. The predicted molar refractivity (Wildman–Crippen MR) is 81.9 cm³/mol. The second-order valence-corrected chi connectivity index (χ2v) is 4.93. The molecule has 3 nitrogen and oxygen atoms in total. The van der Waals surface area contributed by atoms with Crippen LogP contribution in [-0.4, -0.2) is 16.7 Å². The van der Waals surface area contributed by atoms with Gasteiger partial charge in [0.1, 0.15) is 17.1 Å². The molecule has 0 aliphatic carbocycles. The number of nitrogens with zero attached hydrogens (tertiary/aromatic N) is 2. The molecule has 0 aliphatic heterocycles. The Kier molecular flexibility index (Phi) is 3.36. The van der Waals surface area contributed by atoms with E-state index < -0.39 is 0 Å². The number of rotatable bonds is 3. The molecule has 0 amide bonds. The second-order valence-electron chi connectivity index (χ2n) is 4.66.